The minimum absolute atomic E-state index is 0.679. The fraction of sp³-hybridized carbons (Fsp3) is 0. The van der Waals surface area contributed by atoms with Crippen LogP contribution < -0.4 is 0 Å². The molecule has 3 heterocycles. The average molecular weight is 623 g/mol. The van der Waals surface area contributed by atoms with Gasteiger partial charge in [0, 0.05) is 35.9 Å². The van der Waals surface area contributed by atoms with Crippen LogP contribution in [0.5, 0.6) is 0 Å². The van der Waals surface area contributed by atoms with E-state index < -0.39 is 0 Å². The molecule has 0 N–H and O–H groups in total. The third-order valence-corrected chi connectivity index (χ3v) is 10.2. The van der Waals surface area contributed by atoms with Crippen molar-refractivity contribution < 1.29 is 0 Å². The molecule has 0 saturated carbocycles. The molecule has 0 radical (unpaired) electrons. The fourth-order valence-corrected chi connectivity index (χ4v) is 7.97. The van der Waals surface area contributed by atoms with Gasteiger partial charge in [0.05, 0.1) is 11.4 Å². The van der Waals surface area contributed by atoms with Crippen LogP contribution in [0.4, 0.5) is 0 Å². The van der Waals surface area contributed by atoms with Crippen LogP contribution in [0.3, 0.4) is 0 Å². The van der Waals surface area contributed by atoms with Gasteiger partial charge in [0.2, 0.25) is 5.78 Å². The van der Waals surface area contributed by atoms with Crippen molar-refractivity contribution in [2.45, 2.75) is 0 Å². The minimum Gasteiger partial charge on any atom is -0.291 e. The number of benzene rings is 7. The predicted octanol–water partition coefficient (Wildman–Crippen LogP) is 11.5. The highest BCUT2D eigenvalue weighted by Gasteiger charge is 2.16. The second kappa shape index (κ2) is 9.93. The third-order valence-electron chi connectivity index (χ3n) is 10.2. The van der Waals surface area contributed by atoms with Crippen molar-refractivity contribution in [1.29, 1.82) is 0 Å². The molecule has 0 aliphatic rings. The maximum atomic E-state index is 4.81. The third kappa shape index (κ3) is 3.89. The first-order valence-corrected chi connectivity index (χ1v) is 16.6. The zero-order valence-electron chi connectivity index (χ0n) is 26.3. The molecule has 11 rings (SSSR count). The van der Waals surface area contributed by atoms with Crippen molar-refractivity contribution in [2.75, 3.05) is 0 Å². The topological polar surface area (TPSA) is 43.1 Å². The Labute approximate surface area is 280 Å². The monoisotopic (exact) mass is 622 g/mol. The SMILES string of the molecule is c1cc2ccc3cccc4c5cc(-c6ccc(-c7ccc(-c8cn9cccnc9n8)cn7)cc6)cc6ccc7cccc(c(c1)c2c34)c7c65. The zero-order chi connectivity index (χ0) is 32.1. The van der Waals surface area contributed by atoms with E-state index in [0.29, 0.717) is 5.78 Å². The van der Waals surface area contributed by atoms with Crippen LogP contribution in [0.15, 0.2) is 158 Å². The van der Waals surface area contributed by atoms with Gasteiger partial charge in [0.25, 0.3) is 0 Å². The molecule has 4 heteroatoms. The molecule has 0 fully saturated rings. The Balaban J connectivity index is 1.09. The van der Waals surface area contributed by atoms with E-state index in [2.05, 4.69) is 137 Å². The molecule has 0 spiro atoms. The molecule has 0 unspecified atom stereocenters. The average Bonchev–Trinajstić information content (AvgIpc) is 3.61. The fourth-order valence-electron chi connectivity index (χ4n) is 7.97. The highest BCUT2D eigenvalue weighted by Crippen LogP contribution is 2.44. The molecular formula is C45H26N4. The maximum Gasteiger partial charge on any atom is 0.234 e. The number of imidazole rings is 1. The number of hydrogen-bond donors (Lipinski definition) is 0. The van der Waals surface area contributed by atoms with Crippen molar-refractivity contribution in [3.63, 3.8) is 0 Å². The van der Waals surface area contributed by atoms with E-state index in [1.54, 1.807) is 6.20 Å². The molecule has 0 bridgehead atoms. The van der Waals surface area contributed by atoms with Crippen molar-refractivity contribution >= 4 is 70.4 Å². The van der Waals surface area contributed by atoms with Gasteiger partial charge in [-0.2, -0.15) is 0 Å². The predicted molar refractivity (Wildman–Crippen MR) is 203 cm³/mol. The molecule has 4 nitrogen and oxygen atoms in total. The van der Waals surface area contributed by atoms with Crippen LogP contribution in [-0.4, -0.2) is 19.4 Å². The zero-order valence-corrected chi connectivity index (χ0v) is 26.3. The molecule has 0 aliphatic carbocycles. The lowest BCUT2D eigenvalue weighted by molar-refractivity contribution is 1.11. The number of hydrogen-bond acceptors (Lipinski definition) is 3. The van der Waals surface area contributed by atoms with Gasteiger partial charge in [-0.25, -0.2) is 9.97 Å². The van der Waals surface area contributed by atoms with E-state index in [4.69, 9.17) is 4.98 Å². The highest BCUT2D eigenvalue weighted by atomic mass is 15.1. The van der Waals surface area contributed by atoms with Gasteiger partial charge in [0.15, 0.2) is 0 Å². The van der Waals surface area contributed by atoms with Crippen molar-refractivity contribution in [2.24, 2.45) is 0 Å². The smallest absolute Gasteiger partial charge is 0.234 e. The quantitative estimate of drug-likeness (QED) is 0.184. The second-order valence-corrected chi connectivity index (χ2v) is 12.9. The second-order valence-electron chi connectivity index (χ2n) is 12.9. The summed E-state index contributed by atoms with van der Waals surface area (Å²) in [5.41, 5.74) is 6.20. The van der Waals surface area contributed by atoms with Crippen LogP contribution in [0.1, 0.15) is 0 Å². The van der Waals surface area contributed by atoms with Crippen molar-refractivity contribution in [3.05, 3.63) is 158 Å². The summed E-state index contributed by atoms with van der Waals surface area (Å²) in [6.07, 6.45) is 7.58. The first kappa shape index (κ1) is 26.4. The summed E-state index contributed by atoms with van der Waals surface area (Å²) in [5, 5.41) is 15.5. The van der Waals surface area contributed by atoms with E-state index in [-0.39, 0.29) is 0 Å². The summed E-state index contributed by atoms with van der Waals surface area (Å²) in [6.45, 7) is 0. The van der Waals surface area contributed by atoms with Gasteiger partial charge in [-0.3, -0.25) is 9.38 Å². The van der Waals surface area contributed by atoms with Gasteiger partial charge in [-0.1, -0.05) is 103 Å². The summed E-state index contributed by atoms with van der Waals surface area (Å²) in [4.78, 5) is 13.8. The standard InChI is InChI=1S/C45H26N4/c1-5-29-15-16-30-7-3-10-37-38-24-34(23-32-18-17-31-6-2-9-36(42(31)44(32)38)35(8-1)41(29)43(30)37)27-11-13-28(14-12-27)39-20-19-33(25-47-39)40-26-49-22-4-21-46-45(49)48-40/h1-26H. The van der Waals surface area contributed by atoms with Crippen LogP contribution in [0.25, 0.3) is 104 Å². The van der Waals surface area contributed by atoms with Crippen molar-refractivity contribution in [1.82, 2.24) is 19.4 Å². The number of rotatable bonds is 3. The first-order chi connectivity index (χ1) is 24.3. The summed E-state index contributed by atoms with van der Waals surface area (Å²) >= 11 is 0. The van der Waals surface area contributed by atoms with Crippen LogP contribution in [0.2, 0.25) is 0 Å². The van der Waals surface area contributed by atoms with Crippen molar-refractivity contribution in [3.8, 4) is 33.6 Å². The summed E-state index contributed by atoms with van der Waals surface area (Å²) in [5.74, 6) is 0.679. The molecular weight excluding hydrogens is 597 g/mol. The van der Waals surface area contributed by atoms with Gasteiger partial charge in [-0.05, 0) is 106 Å². The number of aromatic nitrogens is 4. The van der Waals surface area contributed by atoms with E-state index >= 15 is 0 Å². The Kier molecular flexibility index (Phi) is 5.35. The molecule has 8 aromatic carbocycles. The van der Waals surface area contributed by atoms with E-state index in [9.17, 15) is 0 Å². The number of nitrogens with zero attached hydrogens (tertiary/aromatic N) is 4. The van der Waals surface area contributed by atoms with Crippen LogP contribution in [0, 0.1) is 0 Å². The normalized spacial score (nSPS) is 12.1. The Hall–Kier alpha value is -6.65. The molecule has 49 heavy (non-hydrogen) atoms. The lowest BCUT2D eigenvalue weighted by atomic mass is 9.86. The molecule has 3 aromatic heterocycles. The van der Waals surface area contributed by atoms with Gasteiger partial charge in [-0.15, -0.1) is 0 Å². The van der Waals surface area contributed by atoms with Gasteiger partial charge < -0.3 is 0 Å². The largest absolute Gasteiger partial charge is 0.291 e. The summed E-state index contributed by atoms with van der Waals surface area (Å²) < 4.78 is 1.92. The molecule has 0 aliphatic heterocycles. The van der Waals surface area contributed by atoms with Crippen LogP contribution >= 0.6 is 0 Å². The molecule has 11 aromatic rings. The van der Waals surface area contributed by atoms with Gasteiger partial charge >= 0.3 is 0 Å². The minimum atomic E-state index is 0.679. The maximum absolute atomic E-state index is 4.81. The Bertz CT molecular complexity index is 3040. The Morgan fingerprint density at radius 1 is 0.408 bits per heavy atom. The Morgan fingerprint density at radius 3 is 1.63 bits per heavy atom. The number of fused-ring (bicyclic) bond motifs is 3. The van der Waals surface area contributed by atoms with E-state index in [1.165, 1.54) is 75.8 Å². The lowest BCUT2D eigenvalue weighted by Gasteiger charge is -2.17. The van der Waals surface area contributed by atoms with Gasteiger partial charge in [0.1, 0.15) is 0 Å². The molecule has 0 atom stereocenters. The highest BCUT2D eigenvalue weighted by molar-refractivity contribution is 6.37. The lowest BCUT2D eigenvalue weighted by Crippen LogP contribution is -1.89. The van der Waals surface area contributed by atoms with E-state index in [0.717, 1.165) is 22.5 Å². The molecule has 0 saturated heterocycles. The summed E-state index contributed by atoms with van der Waals surface area (Å²) in [7, 11) is 0. The molecule has 0 amide bonds. The Morgan fingerprint density at radius 2 is 1.00 bits per heavy atom. The number of pyridine rings is 1. The molecule has 226 valence electrons. The van der Waals surface area contributed by atoms with E-state index in [1.807, 2.05) is 29.1 Å². The van der Waals surface area contributed by atoms with Crippen LogP contribution in [-0.2, 0) is 0 Å². The summed E-state index contributed by atoms with van der Waals surface area (Å²) in [6, 6.07) is 49.0. The first-order valence-electron chi connectivity index (χ1n) is 16.6.